The Balaban J connectivity index is 2.29. The number of nitrogens with zero attached hydrogens (tertiary/aromatic N) is 1. The number of aryl methyl sites for hydroxylation is 1. The Bertz CT molecular complexity index is 462. The number of benzene rings is 1. The highest BCUT2D eigenvalue weighted by atomic mass is 32.1. The molecule has 0 radical (unpaired) electrons. The van der Waals surface area contributed by atoms with Crippen molar-refractivity contribution in [3.05, 3.63) is 29.3 Å². The second-order valence-electron chi connectivity index (χ2n) is 5.51. The van der Waals surface area contributed by atoms with Crippen molar-refractivity contribution in [3.8, 4) is 0 Å². The Labute approximate surface area is 121 Å². The van der Waals surface area contributed by atoms with Gasteiger partial charge in [-0.05, 0) is 45.2 Å². The van der Waals surface area contributed by atoms with Gasteiger partial charge in [-0.15, -0.1) is 0 Å². The highest BCUT2D eigenvalue weighted by molar-refractivity contribution is 7.80. The van der Waals surface area contributed by atoms with E-state index in [1.807, 2.05) is 12.1 Å². The van der Waals surface area contributed by atoms with E-state index in [0.717, 1.165) is 11.3 Å². The molecule has 2 rings (SSSR count). The minimum absolute atomic E-state index is 0.448. The van der Waals surface area contributed by atoms with Crippen LogP contribution >= 0.6 is 12.2 Å². The highest BCUT2D eigenvalue weighted by Gasteiger charge is 2.25. The van der Waals surface area contributed by atoms with Crippen LogP contribution in [0.2, 0.25) is 0 Å². The van der Waals surface area contributed by atoms with Crippen molar-refractivity contribution in [2.75, 3.05) is 5.43 Å². The quantitative estimate of drug-likeness (QED) is 0.832. The zero-order valence-corrected chi connectivity index (χ0v) is 12.8. The van der Waals surface area contributed by atoms with E-state index in [1.54, 1.807) is 0 Å². The summed E-state index contributed by atoms with van der Waals surface area (Å²) in [6.45, 7) is 6.62. The molecule has 2 unspecified atom stereocenters. The van der Waals surface area contributed by atoms with E-state index in [4.69, 9.17) is 18.0 Å². The Morgan fingerprint density at radius 1 is 1.32 bits per heavy atom. The molecule has 4 heteroatoms. The molecule has 3 N–H and O–H groups in total. The second kappa shape index (κ2) is 5.88. The van der Waals surface area contributed by atoms with Crippen molar-refractivity contribution >= 4 is 22.9 Å². The van der Waals surface area contributed by atoms with Gasteiger partial charge in [0.05, 0.1) is 5.69 Å². The average Bonchev–Trinajstić information content (AvgIpc) is 2.35. The predicted octanol–water partition coefficient (Wildman–Crippen LogP) is 3.22. The first-order valence-corrected chi connectivity index (χ1v) is 7.36. The number of hydrogen-bond donors (Lipinski definition) is 2. The predicted molar refractivity (Wildman–Crippen MR) is 85.3 cm³/mol. The zero-order chi connectivity index (χ0) is 14.0. The summed E-state index contributed by atoms with van der Waals surface area (Å²) in [5, 5.41) is 2.34. The summed E-state index contributed by atoms with van der Waals surface area (Å²) in [5.41, 5.74) is 12.6. The first-order chi connectivity index (χ1) is 9.00. The fraction of sp³-hybridized carbons (Fsp3) is 0.533. The number of nitrogens with two attached hydrogens (primary N) is 1. The van der Waals surface area contributed by atoms with Crippen LogP contribution in [-0.2, 0) is 0 Å². The van der Waals surface area contributed by atoms with Crippen molar-refractivity contribution in [1.82, 2.24) is 5.01 Å². The molecule has 19 heavy (non-hydrogen) atoms. The maximum atomic E-state index is 5.83. The molecule has 104 valence electrons. The number of nitrogens with one attached hydrogen (secondary N) is 1. The van der Waals surface area contributed by atoms with Crippen LogP contribution in [0, 0.1) is 6.92 Å². The summed E-state index contributed by atoms with van der Waals surface area (Å²) < 4.78 is 0. The third-order valence-electron chi connectivity index (χ3n) is 3.97. The van der Waals surface area contributed by atoms with Gasteiger partial charge in [0.15, 0.2) is 0 Å². The largest absolute Gasteiger partial charge is 0.389 e. The van der Waals surface area contributed by atoms with Gasteiger partial charge in [-0.25, -0.2) is 5.01 Å². The summed E-state index contributed by atoms with van der Waals surface area (Å²) in [5.74, 6) is 0. The van der Waals surface area contributed by atoms with Gasteiger partial charge in [0, 0.05) is 17.6 Å². The monoisotopic (exact) mass is 277 g/mol. The minimum atomic E-state index is 0.448. The molecule has 2 atom stereocenters. The lowest BCUT2D eigenvalue weighted by atomic mass is 9.99. The molecule has 0 amide bonds. The molecule has 0 bridgehead atoms. The first kappa shape index (κ1) is 14.3. The summed E-state index contributed by atoms with van der Waals surface area (Å²) in [7, 11) is 0. The van der Waals surface area contributed by atoms with Crippen LogP contribution in [0.5, 0.6) is 0 Å². The van der Waals surface area contributed by atoms with E-state index in [0.29, 0.717) is 17.1 Å². The summed E-state index contributed by atoms with van der Waals surface area (Å²) >= 11 is 5.16. The van der Waals surface area contributed by atoms with Gasteiger partial charge in [0.1, 0.15) is 4.99 Å². The van der Waals surface area contributed by atoms with Crippen LogP contribution in [0.3, 0.4) is 0 Å². The van der Waals surface area contributed by atoms with Gasteiger partial charge in [-0.1, -0.05) is 30.8 Å². The lowest BCUT2D eigenvalue weighted by Crippen LogP contribution is -2.47. The average molecular weight is 277 g/mol. The zero-order valence-electron chi connectivity index (χ0n) is 11.9. The summed E-state index contributed by atoms with van der Waals surface area (Å²) in [4.78, 5) is 0.448. The van der Waals surface area contributed by atoms with E-state index in [9.17, 15) is 0 Å². The third-order valence-corrected chi connectivity index (χ3v) is 4.19. The van der Waals surface area contributed by atoms with Gasteiger partial charge in [0.25, 0.3) is 0 Å². The van der Waals surface area contributed by atoms with Crippen molar-refractivity contribution < 1.29 is 0 Å². The Morgan fingerprint density at radius 3 is 2.53 bits per heavy atom. The summed E-state index contributed by atoms with van der Waals surface area (Å²) in [6.07, 6.45) is 3.76. The highest BCUT2D eigenvalue weighted by Crippen LogP contribution is 2.27. The number of hydrazine groups is 1. The van der Waals surface area contributed by atoms with Crippen LogP contribution in [0.15, 0.2) is 18.2 Å². The second-order valence-corrected chi connectivity index (χ2v) is 5.95. The van der Waals surface area contributed by atoms with Crippen LogP contribution in [0.25, 0.3) is 0 Å². The van der Waals surface area contributed by atoms with E-state index in [1.165, 1.54) is 24.8 Å². The SMILES string of the molecule is Cc1cccc(C(N)=S)c1NN1C(C)CCCC1C. The molecule has 3 nitrogen and oxygen atoms in total. The van der Waals surface area contributed by atoms with E-state index >= 15 is 0 Å². The maximum absolute atomic E-state index is 5.83. The lowest BCUT2D eigenvalue weighted by Gasteiger charge is -2.40. The first-order valence-electron chi connectivity index (χ1n) is 6.95. The standard InChI is InChI=1S/C15H23N3S/c1-10-6-4-9-13(15(16)19)14(10)17-18-11(2)7-5-8-12(18)3/h4,6,9,11-12,17H,5,7-8H2,1-3H3,(H2,16,19). The Morgan fingerprint density at radius 2 is 1.95 bits per heavy atom. The van der Waals surface area contributed by atoms with E-state index in [-0.39, 0.29) is 0 Å². The Hall–Kier alpha value is -1.13. The van der Waals surface area contributed by atoms with Crippen molar-refractivity contribution in [2.45, 2.75) is 52.1 Å². The van der Waals surface area contributed by atoms with Gasteiger partial charge in [0.2, 0.25) is 0 Å². The molecular formula is C15H23N3S. The molecule has 1 aromatic rings. The van der Waals surface area contributed by atoms with E-state index < -0.39 is 0 Å². The number of rotatable bonds is 3. The molecule has 0 saturated carbocycles. The van der Waals surface area contributed by atoms with Crippen LogP contribution in [0.1, 0.15) is 44.2 Å². The number of anilines is 1. The van der Waals surface area contributed by atoms with E-state index in [2.05, 4.69) is 37.3 Å². The van der Waals surface area contributed by atoms with Gasteiger partial charge >= 0.3 is 0 Å². The normalized spacial score (nSPS) is 24.2. The molecule has 1 aromatic carbocycles. The molecule has 0 aromatic heterocycles. The molecular weight excluding hydrogens is 254 g/mol. The van der Waals surface area contributed by atoms with Crippen molar-refractivity contribution in [2.24, 2.45) is 5.73 Å². The van der Waals surface area contributed by atoms with Gasteiger partial charge in [-0.2, -0.15) is 0 Å². The van der Waals surface area contributed by atoms with Crippen LogP contribution in [0.4, 0.5) is 5.69 Å². The number of para-hydroxylation sites is 1. The number of piperidine rings is 1. The molecule has 1 saturated heterocycles. The number of thiocarbonyl (C=S) groups is 1. The molecule has 1 aliphatic heterocycles. The molecule has 1 heterocycles. The molecule has 1 fully saturated rings. The molecule has 0 spiro atoms. The lowest BCUT2D eigenvalue weighted by molar-refractivity contribution is 0.135. The van der Waals surface area contributed by atoms with Crippen LogP contribution in [-0.4, -0.2) is 22.1 Å². The summed E-state index contributed by atoms with van der Waals surface area (Å²) in [6, 6.07) is 7.13. The smallest absolute Gasteiger partial charge is 0.106 e. The fourth-order valence-electron chi connectivity index (χ4n) is 2.79. The van der Waals surface area contributed by atoms with Crippen molar-refractivity contribution in [3.63, 3.8) is 0 Å². The Kier molecular flexibility index (Phi) is 4.42. The minimum Gasteiger partial charge on any atom is -0.389 e. The van der Waals surface area contributed by atoms with Gasteiger partial charge in [-0.3, -0.25) is 0 Å². The topological polar surface area (TPSA) is 41.3 Å². The number of hydrogen-bond acceptors (Lipinski definition) is 3. The van der Waals surface area contributed by atoms with Gasteiger partial charge < -0.3 is 11.2 Å². The molecule has 0 aliphatic carbocycles. The van der Waals surface area contributed by atoms with Crippen molar-refractivity contribution in [1.29, 1.82) is 0 Å². The fourth-order valence-corrected chi connectivity index (χ4v) is 2.96. The third kappa shape index (κ3) is 3.07. The molecule has 1 aliphatic rings. The van der Waals surface area contributed by atoms with Crippen LogP contribution < -0.4 is 11.2 Å². The maximum Gasteiger partial charge on any atom is 0.106 e.